The zero-order valence-electron chi connectivity index (χ0n) is 16.6. The van der Waals surface area contributed by atoms with Gasteiger partial charge in [0.2, 0.25) is 0 Å². The number of benzene rings is 1. The van der Waals surface area contributed by atoms with E-state index in [1.54, 1.807) is 30.5 Å². The van der Waals surface area contributed by atoms with E-state index in [-0.39, 0.29) is 29.5 Å². The quantitative estimate of drug-likeness (QED) is 0.731. The molecule has 0 saturated carbocycles. The van der Waals surface area contributed by atoms with Crippen molar-refractivity contribution in [1.29, 1.82) is 0 Å². The molecule has 0 spiro atoms. The third-order valence-electron chi connectivity index (χ3n) is 3.82. The van der Waals surface area contributed by atoms with E-state index < -0.39 is 6.61 Å². The maximum atomic E-state index is 12.4. The maximum absolute atomic E-state index is 12.4. The van der Waals surface area contributed by atoms with Crippen LogP contribution in [0.25, 0.3) is 0 Å². The smallest absolute Gasteiger partial charge is 0.387 e. The Labute approximate surface area is 167 Å². The highest BCUT2D eigenvalue weighted by molar-refractivity contribution is 7.09. The Bertz CT molecular complexity index is 806. The lowest BCUT2D eigenvalue weighted by Crippen LogP contribution is -2.36. The molecule has 2 amide bonds. The van der Waals surface area contributed by atoms with Crippen LogP contribution in [-0.4, -0.2) is 36.7 Å². The maximum Gasteiger partial charge on any atom is 0.387 e. The van der Waals surface area contributed by atoms with Gasteiger partial charge >= 0.3 is 12.6 Å². The minimum Gasteiger partial charge on any atom is -0.493 e. The molecule has 0 aliphatic rings. The van der Waals surface area contributed by atoms with E-state index in [9.17, 15) is 13.6 Å². The minimum atomic E-state index is -2.93. The topological polar surface area (TPSA) is 63.7 Å². The van der Waals surface area contributed by atoms with Crippen molar-refractivity contribution in [3.63, 3.8) is 0 Å². The Kier molecular flexibility index (Phi) is 7.17. The number of ether oxygens (including phenoxy) is 2. The van der Waals surface area contributed by atoms with Crippen molar-refractivity contribution in [2.24, 2.45) is 0 Å². The number of nitrogens with one attached hydrogen (secondary N) is 1. The van der Waals surface area contributed by atoms with Crippen molar-refractivity contribution in [1.82, 2.24) is 15.2 Å². The van der Waals surface area contributed by atoms with Crippen molar-refractivity contribution < 1.29 is 23.0 Å². The molecule has 154 valence electrons. The van der Waals surface area contributed by atoms with E-state index in [2.05, 4.69) is 35.8 Å². The molecule has 0 bridgehead atoms. The minimum absolute atomic E-state index is 0.0248. The van der Waals surface area contributed by atoms with Crippen LogP contribution in [0.1, 0.15) is 37.0 Å². The van der Waals surface area contributed by atoms with Crippen molar-refractivity contribution in [2.45, 2.75) is 45.9 Å². The molecule has 0 fully saturated rings. The van der Waals surface area contributed by atoms with E-state index >= 15 is 0 Å². The lowest BCUT2D eigenvalue weighted by atomic mass is 9.98. The first kappa shape index (κ1) is 21.9. The van der Waals surface area contributed by atoms with Crippen LogP contribution in [0.4, 0.5) is 13.6 Å². The second kappa shape index (κ2) is 9.18. The van der Waals surface area contributed by atoms with Crippen molar-refractivity contribution >= 4 is 17.4 Å². The summed E-state index contributed by atoms with van der Waals surface area (Å²) in [6.07, 6.45) is 0. The zero-order chi connectivity index (χ0) is 20.9. The monoisotopic (exact) mass is 413 g/mol. The third-order valence-corrected chi connectivity index (χ3v) is 5.14. The van der Waals surface area contributed by atoms with Gasteiger partial charge < -0.3 is 19.7 Å². The van der Waals surface area contributed by atoms with Crippen molar-refractivity contribution in [2.75, 3.05) is 14.2 Å². The molecule has 6 nitrogen and oxygen atoms in total. The van der Waals surface area contributed by atoms with Crippen molar-refractivity contribution in [3.05, 3.63) is 39.8 Å². The molecular weight excluding hydrogens is 388 g/mol. The summed E-state index contributed by atoms with van der Waals surface area (Å²) in [5, 5.41) is 5.78. The molecule has 1 N–H and O–H groups in total. The average Bonchev–Trinajstić information content (AvgIpc) is 3.09. The molecule has 0 saturated heterocycles. The highest BCUT2D eigenvalue weighted by Gasteiger charge is 2.18. The van der Waals surface area contributed by atoms with Crippen LogP contribution >= 0.6 is 11.3 Å². The highest BCUT2D eigenvalue weighted by atomic mass is 32.1. The normalized spacial score (nSPS) is 11.4. The number of thiazole rings is 1. The number of carbonyl (C=O) groups excluding carboxylic acids is 1. The summed E-state index contributed by atoms with van der Waals surface area (Å²) in [5.41, 5.74) is 1.51. The van der Waals surface area contributed by atoms with E-state index in [0.29, 0.717) is 6.54 Å². The lowest BCUT2D eigenvalue weighted by Gasteiger charge is -2.19. The summed E-state index contributed by atoms with van der Waals surface area (Å²) in [7, 11) is 3.01. The molecule has 28 heavy (non-hydrogen) atoms. The van der Waals surface area contributed by atoms with Crippen LogP contribution in [0.15, 0.2) is 23.6 Å². The molecule has 0 radical (unpaired) electrons. The number of methoxy groups -OCH3 is 1. The van der Waals surface area contributed by atoms with Gasteiger partial charge in [-0.1, -0.05) is 26.8 Å². The SMILES string of the molecule is COc1cc(CN(C)C(=O)NCc2csc(C(C)(C)C)n2)ccc1OC(F)F. The fourth-order valence-corrected chi connectivity index (χ4v) is 3.29. The summed E-state index contributed by atoms with van der Waals surface area (Å²) in [5.74, 6) is 0.135. The first-order valence-corrected chi connectivity index (χ1v) is 9.53. The fraction of sp³-hybridized carbons (Fsp3) is 0.474. The molecule has 0 aliphatic carbocycles. The Morgan fingerprint density at radius 1 is 1.32 bits per heavy atom. The van der Waals surface area contributed by atoms with Gasteiger partial charge in [-0.25, -0.2) is 9.78 Å². The van der Waals surface area contributed by atoms with Crippen LogP contribution in [-0.2, 0) is 18.5 Å². The average molecular weight is 413 g/mol. The molecular formula is C19H25F2N3O3S. The largest absolute Gasteiger partial charge is 0.493 e. The summed E-state index contributed by atoms with van der Waals surface area (Å²) in [6, 6.07) is 4.31. The number of rotatable bonds is 7. The zero-order valence-corrected chi connectivity index (χ0v) is 17.4. The van der Waals surface area contributed by atoms with Crippen molar-refractivity contribution in [3.8, 4) is 11.5 Å². The lowest BCUT2D eigenvalue weighted by molar-refractivity contribution is -0.0512. The first-order valence-electron chi connectivity index (χ1n) is 8.65. The summed E-state index contributed by atoms with van der Waals surface area (Å²) >= 11 is 1.57. The molecule has 2 rings (SSSR count). The molecule has 9 heteroatoms. The number of hydrogen-bond donors (Lipinski definition) is 1. The molecule has 1 aromatic heterocycles. The predicted molar refractivity (Wildman–Crippen MR) is 104 cm³/mol. The van der Waals surface area contributed by atoms with Gasteiger partial charge in [0.15, 0.2) is 11.5 Å². The number of amides is 2. The van der Waals surface area contributed by atoms with Gasteiger partial charge in [0.1, 0.15) is 0 Å². The highest BCUT2D eigenvalue weighted by Crippen LogP contribution is 2.30. The number of halogens is 2. The molecule has 1 aromatic carbocycles. The van der Waals surface area contributed by atoms with Crippen LogP contribution in [0.5, 0.6) is 11.5 Å². The Morgan fingerprint density at radius 2 is 2.04 bits per heavy atom. The summed E-state index contributed by atoms with van der Waals surface area (Å²) < 4.78 is 34.3. The van der Waals surface area contributed by atoms with Crippen LogP contribution < -0.4 is 14.8 Å². The first-order chi connectivity index (χ1) is 13.1. The Morgan fingerprint density at radius 3 is 2.61 bits per heavy atom. The van der Waals surface area contributed by atoms with Gasteiger partial charge in [-0.05, 0) is 17.7 Å². The summed E-state index contributed by atoms with van der Waals surface area (Å²) in [6.45, 7) is 3.95. The number of carbonyl (C=O) groups is 1. The fourth-order valence-electron chi connectivity index (χ4n) is 2.38. The Hall–Kier alpha value is -2.42. The molecule has 0 unspecified atom stereocenters. The third kappa shape index (κ3) is 6.05. The Balaban J connectivity index is 1.94. The van der Waals surface area contributed by atoms with Gasteiger partial charge in [0.25, 0.3) is 0 Å². The number of hydrogen-bond acceptors (Lipinski definition) is 5. The molecule has 2 aromatic rings. The number of alkyl halides is 2. The molecule has 1 heterocycles. The van der Waals surface area contributed by atoms with Gasteiger partial charge in [0, 0.05) is 24.4 Å². The second-order valence-electron chi connectivity index (χ2n) is 7.27. The summed E-state index contributed by atoms with van der Waals surface area (Å²) in [4.78, 5) is 18.4. The van der Waals surface area contributed by atoms with E-state index in [0.717, 1.165) is 16.3 Å². The predicted octanol–water partition coefficient (Wildman–Crippen LogP) is 4.39. The van der Waals surface area contributed by atoms with Crippen LogP contribution in [0.3, 0.4) is 0 Å². The molecule has 0 aliphatic heterocycles. The van der Waals surface area contributed by atoms with Gasteiger partial charge in [-0.3, -0.25) is 0 Å². The molecule has 0 atom stereocenters. The van der Waals surface area contributed by atoms with E-state index in [1.165, 1.54) is 18.1 Å². The standard InChI is InChI=1S/C19H25F2N3O3S/c1-19(2,3)16-23-13(11-28-16)9-22-18(25)24(4)10-12-6-7-14(27-17(20)21)15(8-12)26-5/h6-8,11,17H,9-10H2,1-5H3,(H,22,25). The van der Waals surface area contributed by atoms with Crippen LogP contribution in [0.2, 0.25) is 0 Å². The second-order valence-corrected chi connectivity index (χ2v) is 8.13. The number of nitrogens with zero attached hydrogens (tertiary/aromatic N) is 2. The van der Waals surface area contributed by atoms with Gasteiger partial charge in [-0.15, -0.1) is 11.3 Å². The van der Waals surface area contributed by atoms with E-state index in [1.807, 2.05) is 5.38 Å². The van der Waals surface area contributed by atoms with Gasteiger partial charge in [0.05, 0.1) is 24.4 Å². The van der Waals surface area contributed by atoms with Crippen LogP contribution in [0, 0.1) is 0 Å². The number of aromatic nitrogens is 1. The van der Waals surface area contributed by atoms with E-state index in [4.69, 9.17) is 4.74 Å². The van der Waals surface area contributed by atoms with Gasteiger partial charge in [-0.2, -0.15) is 8.78 Å². The number of urea groups is 1.